The molecular weight excluding hydrogens is 242 g/mol. The monoisotopic (exact) mass is 267 g/mol. The summed E-state index contributed by atoms with van der Waals surface area (Å²) in [5.74, 6) is 1.11. The second-order valence-electron chi connectivity index (χ2n) is 5.91. The number of oxime groups is 1. The first-order valence-electron chi connectivity index (χ1n) is 7.46. The van der Waals surface area contributed by atoms with Gasteiger partial charge in [-0.1, -0.05) is 24.4 Å². The van der Waals surface area contributed by atoms with Gasteiger partial charge in [0.15, 0.2) is 0 Å². The fourth-order valence-electron chi connectivity index (χ4n) is 3.29. The smallest absolute Gasteiger partial charge is 0.222 e. The Morgan fingerprint density at radius 2 is 1.95 bits per heavy atom. The Bertz CT molecular complexity index is 338. The number of piperidine rings is 1. The van der Waals surface area contributed by atoms with Gasteiger partial charge in [-0.25, -0.2) is 0 Å². The number of hydrogen-bond donors (Lipinski definition) is 2. The molecule has 3 N–H and O–H groups in total. The molecule has 1 atom stereocenters. The van der Waals surface area contributed by atoms with Crippen LogP contribution in [0.4, 0.5) is 0 Å². The third kappa shape index (κ3) is 3.85. The number of rotatable bonds is 3. The summed E-state index contributed by atoms with van der Waals surface area (Å²) >= 11 is 0. The van der Waals surface area contributed by atoms with E-state index in [-0.39, 0.29) is 17.7 Å². The van der Waals surface area contributed by atoms with Gasteiger partial charge in [0.25, 0.3) is 0 Å². The summed E-state index contributed by atoms with van der Waals surface area (Å²) in [7, 11) is 0. The van der Waals surface area contributed by atoms with Crippen LogP contribution in [-0.2, 0) is 4.79 Å². The SMILES string of the molecule is NC(=NO)C1CCCN(C(=O)CC2CCCCC2)C1. The first kappa shape index (κ1) is 14.2. The van der Waals surface area contributed by atoms with Crippen molar-refractivity contribution < 1.29 is 10.0 Å². The number of carbonyl (C=O) groups is 1. The molecule has 1 saturated heterocycles. The van der Waals surface area contributed by atoms with Gasteiger partial charge in [-0.3, -0.25) is 4.79 Å². The second kappa shape index (κ2) is 6.78. The van der Waals surface area contributed by atoms with Gasteiger partial charge in [-0.05, 0) is 31.6 Å². The lowest BCUT2D eigenvalue weighted by Gasteiger charge is -2.33. The van der Waals surface area contributed by atoms with Gasteiger partial charge in [0.2, 0.25) is 5.91 Å². The predicted molar refractivity (Wildman–Crippen MR) is 73.9 cm³/mol. The highest BCUT2D eigenvalue weighted by molar-refractivity contribution is 5.84. The Kier molecular flexibility index (Phi) is 5.05. The van der Waals surface area contributed by atoms with E-state index in [1.165, 1.54) is 32.1 Å². The van der Waals surface area contributed by atoms with Crippen molar-refractivity contribution in [3.05, 3.63) is 0 Å². The first-order valence-corrected chi connectivity index (χ1v) is 7.46. The highest BCUT2D eigenvalue weighted by atomic mass is 16.4. The summed E-state index contributed by atoms with van der Waals surface area (Å²) in [5, 5.41) is 11.8. The van der Waals surface area contributed by atoms with Crippen LogP contribution >= 0.6 is 0 Å². The Labute approximate surface area is 114 Å². The minimum absolute atomic E-state index is 0.0223. The van der Waals surface area contributed by atoms with Crippen molar-refractivity contribution in [2.75, 3.05) is 13.1 Å². The zero-order valence-corrected chi connectivity index (χ0v) is 11.6. The molecule has 5 heteroatoms. The van der Waals surface area contributed by atoms with Crippen molar-refractivity contribution in [1.82, 2.24) is 4.90 Å². The third-order valence-electron chi connectivity index (χ3n) is 4.50. The quantitative estimate of drug-likeness (QED) is 0.355. The lowest BCUT2D eigenvalue weighted by molar-refractivity contribution is -0.133. The number of nitrogens with two attached hydrogens (primary N) is 1. The van der Waals surface area contributed by atoms with E-state index >= 15 is 0 Å². The number of amidine groups is 1. The number of hydrogen-bond acceptors (Lipinski definition) is 3. The van der Waals surface area contributed by atoms with E-state index in [1.54, 1.807) is 0 Å². The normalized spacial score (nSPS) is 26.4. The Balaban J connectivity index is 1.84. The molecule has 2 fully saturated rings. The van der Waals surface area contributed by atoms with Crippen LogP contribution in [0, 0.1) is 11.8 Å². The van der Waals surface area contributed by atoms with Gasteiger partial charge in [0.1, 0.15) is 5.84 Å². The molecule has 1 unspecified atom stereocenters. The molecule has 2 rings (SSSR count). The zero-order chi connectivity index (χ0) is 13.7. The molecule has 1 aliphatic heterocycles. The maximum Gasteiger partial charge on any atom is 0.222 e. The number of carbonyl (C=O) groups excluding carboxylic acids is 1. The van der Waals surface area contributed by atoms with E-state index in [2.05, 4.69) is 5.16 Å². The van der Waals surface area contributed by atoms with E-state index in [4.69, 9.17) is 10.9 Å². The van der Waals surface area contributed by atoms with E-state index in [0.717, 1.165) is 19.4 Å². The van der Waals surface area contributed by atoms with Crippen LogP contribution in [0.2, 0.25) is 0 Å². The average Bonchev–Trinajstić information content (AvgIpc) is 2.47. The van der Waals surface area contributed by atoms with Crippen molar-refractivity contribution >= 4 is 11.7 Å². The molecule has 2 aliphatic rings. The van der Waals surface area contributed by atoms with Gasteiger partial charge >= 0.3 is 0 Å². The van der Waals surface area contributed by atoms with Crippen molar-refractivity contribution in [3.8, 4) is 0 Å². The summed E-state index contributed by atoms with van der Waals surface area (Å²) in [4.78, 5) is 14.2. The second-order valence-corrected chi connectivity index (χ2v) is 5.91. The molecule has 1 aliphatic carbocycles. The van der Waals surface area contributed by atoms with Crippen LogP contribution < -0.4 is 5.73 Å². The summed E-state index contributed by atoms with van der Waals surface area (Å²) in [6.45, 7) is 1.43. The molecule has 0 radical (unpaired) electrons. The lowest BCUT2D eigenvalue weighted by atomic mass is 9.86. The zero-order valence-electron chi connectivity index (χ0n) is 11.6. The fourth-order valence-corrected chi connectivity index (χ4v) is 3.29. The van der Waals surface area contributed by atoms with Crippen molar-refractivity contribution in [3.63, 3.8) is 0 Å². The molecule has 1 saturated carbocycles. The van der Waals surface area contributed by atoms with Crippen molar-refractivity contribution in [2.24, 2.45) is 22.7 Å². The summed E-state index contributed by atoms with van der Waals surface area (Å²) in [5.41, 5.74) is 5.66. The van der Waals surface area contributed by atoms with E-state index < -0.39 is 0 Å². The lowest BCUT2D eigenvalue weighted by Crippen LogP contribution is -2.44. The van der Waals surface area contributed by atoms with Gasteiger partial charge in [-0.15, -0.1) is 0 Å². The molecule has 1 heterocycles. The standard InChI is InChI=1S/C14H25N3O2/c15-14(16-19)12-7-4-8-17(10-12)13(18)9-11-5-2-1-3-6-11/h11-12,19H,1-10H2,(H2,15,16). The molecule has 0 aromatic rings. The first-order chi connectivity index (χ1) is 9.20. The minimum atomic E-state index is 0.0223. The van der Waals surface area contributed by atoms with Gasteiger partial charge in [0.05, 0.1) is 0 Å². The number of likely N-dealkylation sites (tertiary alicyclic amines) is 1. The molecule has 0 bridgehead atoms. The Hall–Kier alpha value is -1.26. The van der Waals surface area contributed by atoms with Crippen molar-refractivity contribution in [1.29, 1.82) is 0 Å². The number of nitrogens with zero attached hydrogens (tertiary/aromatic N) is 2. The van der Waals surface area contributed by atoms with E-state index in [0.29, 0.717) is 18.9 Å². The van der Waals surface area contributed by atoms with Crippen LogP contribution in [-0.4, -0.2) is 34.9 Å². The predicted octanol–water partition coefficient (Wildman–Crippen LogP) is 1.94. The van der Waals surface area contributed by atoms with Crippen LogP contribution in [0.1, 0.15) is 51.4 Å². The fraction of sp³-hybridized carbons (Fsp3) is 0.857. The van der Waals surface area contributed by atoms with Crippen LogP contribution in [0.3, 0.4) is 0 Å². The topological polar surface area (TPSA) is 78.9 Å². The molecular formula is C14H25N3O2. The molecule has 0 spiro atoms. The summed E-state index contributed by atoms with van der Waals surface area (Å²) in [6.07, 6.45) is 8.78. The minimum Gasteiger partial charge on any atom is -0.409 e. The highest BCUT2D eigenvalue weighted by Gasteiger charge is 2.27. The molecule has 1 amide bonds. The molecule has 0 aromatic heterocycles. The van der Waals surface area contributed by atoms with Gasteiger partial charge in [-0.2, -0.15) is 0 Å². The van der Waals surface area contributed by atoms with Crippen LogP contribution in [0.5, 0.6) is 0 Å². The Morgan fingerprint density at radius 3 is 2.63 bits per heavy atom. The molecule has 108 valence electrons. The van der Waals surface area contributed by atoms with Crippen molar-refractivity contribution in [2.45, 2.75) is 51.4 Å². The molecule has 0 aromatic carbocycles. The maximum atomic E-state index is 12.3. The maximum absolute atomic E-state index is 12.3. The van der Waals surface area contributed by atoms with E-state index in [9.17, 15) is 4.79 Å². The average molecular weight is 267 g/mol. The van der Waals surface area contributed by atoms with Crippen LogP contribution in [0.15, 0.2) is 5.16 Å². The number of amides is 1. The molecule has 19 heavy (non-hydrogen) atoms. The highest BCUT2D eigenvalue weighted by Crippen LogP contribution is 2.27. The third-order valence-corrected chi connectivity index (χ3v) is 4.50. The largest absolute Gasteiger partial charge is 0.409 e. The Morgan fingerprint density at radius 1 is 1.21 bits per heavy atom. The van der Waals surface area contributed by atoms with Gasteiger partial charge < -0.3 is 15.8 Å². The summed E-state index contributed by atoms with van der Waals surface area (Å²) in [6, 6.07) is 0. The van der Waals surface area contributed by atoms with Gasteiger partial charge in [0, 0.05) is 25.4 Å². The summed E-state index contributed by atoms with van der Waals surface area (Å²) < 4.78 is 0. The molecule has 5 nitrogen and oxygen atoms in total. The van der Waals surface area contributed by atoms with Crippen LogP contribution in [0.25, 0.3) is 0 Å². The van der Waals surface area contributed by atoms with E-state index in [1.807, 2.05) is 4.90 Å².